The van der Waals surface area contributed by atoms with Crippen LogP contribution in [0.3, 0.4) is 0 Å². The molecule has 3 aromatic heterocycles. The second kappa shape index (κ2) is 9.38. The Hall–Kier alpha value is -4.15. The van der Waals surface area contributed by atoms with Gasteiger partial charge in [-0.25, -0.2) is 4.39 Å². The smallest absolute Gasteiger partial charge is 0.251 e. The summed E-state index contributed by atoms with van der Waals surface area (Å²) in [5, 5.41) is 14.4. The van der Waals surface area contributed by atoms with Crippen LogP contribution in [-0.2, 0) is 6.54 Å². The molecule has 0 aliphatic heterocycles. The number of nitrogens with zero attached hydrogens (tertiary/aromatic N) is 6. The first-order chi connectivity index (χ1) is 16.2. The van der Waals surface area contributed by atoms with Crippen LogP contribution >= 0.6 is 0 Å². The van der Waals surface area contributed by atoms with Crippen molar-refractivity contribution in [3.8, 4) is 16.9 Å². The minimum absolute atomic E-state index is 0.0114. The number of carbonyl (C=O) groups is 1. The molecule has 0 unspecified atom stereocenters. The topological polar surface area (TPSA) is 98.5 Å². The molecule has 0 fully saturated rings. The summed E-state index contributed by atoms with van der Waals surface area (Å²) in [5.41, 5.74) is 2.69. The van der Waals surface area contributed by atoms with Crippen molar-refractivity contribution in [1.29, 1.82) is 0 Å². The fraction of sp³-hybridized carbons (Fsp3) is 0.217. The van der Waals surface area contributed by atoms with E-state index in [-0.39, 0.29) is 23.6 Å². The van der Waals surface area contributed by atoms with E-state index in [4.69, 9.17) is 0 Å². The molecule has 0 aliphatic carbocycles. The quantitative estimate of drug-likeness (QED) is 0.432. The number of hydrogen-bond donors (Lipinski definition) is 1. The van der Waals surface area contributed by atoms with E-state index < -0.39 is 23.6 Å². The monoisotopic (exact) mass is 467 g/mol. The van der Waals surface area contributed by atoms with Crippen molar-refractivity contribution in [3.63, 3.8) is 0 Å². The second-order valence-electron chi connectivity index (χ2n) is 7.99. The highest BCUT2D eigenvalue weighted by Crippen LogP contribution is 2.25. The van der Waals surface area contributed by atoms with Crippen molar-refractivity contribution < 1.29 is 18.0 Å². The predicted octanol–water partition coefficient (Wildman–Crippen LogP) is 3.90. The number of pyridine rings is 2. The highest BCUT2D eigenvalue weighted by molar-refractivity contribution is 5.96. The van der Waals surface area contributed by atoms with E-state index in [2.05, 4.69) is 30.8 Å². The normalized spacial score (nSPS) is 11.1. The van der Waals surface area contributed by atoms with Crippen molar-refractivity contribution in [3.05, 3.63) is 82.8 Å². The van der Waals surface area contributed by atoms with Gasteiger partial charge in [0, 0.05) is 35.3 Å². The molecule has 3 heterocycles. The van der Waals surface area contributed by atoms with Crippen molar-refractivity contribution in [2.24, 2.45) is 0 Å². The Morgan fingerprint density at radius 1 is 1.09 bits per heavy atom. The van der Waals surface area contributed by atoms with E-state index in [1.165, 1.54) is 4.68 Å². The lowest BCUT2D eigenvalue weighted by atomic mass is 10.0. The first-order valence-corrected chi connectivity index (χ1v) is 10.4. The number of benzene rings is 1. The van der Waals surface area contributed by atoms with Gasteiger partial charge in [-0.15, -0.1) is 5.10 Å². The van der Waals surface area contributed by atoms with Crippen LogP contribution in [0.4, 0.5) is 13.2 Å². The van der Waals surface area contributed by atoms with Gasteiger partial charge >= 0.3 is 0 Å². The molecular weight excluding hydrogens is 447 g/mol. The maximum atomic E-state index is 13.9. The maximum absolute atomic E-state index is 13.9. The third kappa shape index (κ3) is 4.77. The lowest BCUT2D eigenvalue weighted by molar-refractivity contribution is 0.0950. The number of aryl methyl sites for hydroxylation is 1. The zero-order valence-corrected chi connectivity index (χ0v) is 18.6. The van der Waals surface area contributed by atoms with E-state index in [1.807, 2.05) is 32.9 Å². The SMILES string of the molecule is Cc1ccc(-c2cc(C(=O)NCc3cc(F)c(F)nc3F)cc(-n3nnnc3C(C)C)c2)nc1. The molecule has 4 rings (SSSR count). The van der Waals surface area contributed by atoms with Gasteiger partial charge in [0.2, 0.25) is 5.95 Å². The average molecular weight is 467 g/mol. The van der Waals surface area contributed by atoms with Crippen molar-refractivity contribution in [1.82, 2.24) is 35.5 Å². The molecule has 1 aromatic carbocycles. The van der Waals surface area contributed by atoms with Crippen LogP contribution in [0, 0.1) is 24.6 Å². The standard InChI is InChI=1S/C23H20F3N7O/c1-12(2)22-30-31-32-33(22)17-7-14(19-5-4-13(3)10-27-19)6-15(8-17)23(34)28-11-16-9-18(24)21(26)29-20(16)25/h4-10,12H,11H2,1-3H3,(H,28,34). The summed E-state index contributed by atoms with van der Waals surface area (Å²) in [7, 11) is 0. The number of rotatable bonds is 6. The van der Waals surface area contributed by atoms with Crippen LogP contribution in [0.5, 0.6) is 0 Å². The molecule has 8 nitrogen and oxygen atoms in total. The van der Waals surface area contributed by atoms with Gasteiger partial charge in [-0.05, 0) is 53.2 Å². The molecule has 0 aliphatic rings. The summed E-state index contributed by atoms with van der Waals surface area (Å²) in [6.07, 6.45) is 1.71. The van der Waals surface area contributed by atoms with Crippen molar-refractivity contribution in [2.45, 2.75) is 33.2 Å². The fourth-order valence-electron chi connectivity index (χ4n) is 3.27. The number of carbonyl (C=O) groups excluding carboxylic acids is 1. The lowest BCUT2D eigenvalue weighted by Gasteiger charge is -2.12. The Morgan fingerprint density at radius 2 is 1.88 bits per heavy atom. The Morgan fingerprint density at radius 3 is 2.59 bits per heavy atom. The van der Waals surface area contributed by atoms with Gasteiger partial charge in [0.25, 0.3) is 11.9 Å². The third-order valence-corrected chi connectivity index (χ3v) is 5.04. The lowest BCUT2D eigenvalue weighted by Crippen LogP contribution is -2.24. The van der Waals surface area contributed by atoms with E-state index in [0.717, 1.165) is 5.56 Å². The van der Waals surface area contributed by atoms with Crippen molar-refractivity contribution in [2.75, 3.05) is 0 Å². The minimum Gasteiger partial charge on any atom is -0.348 e. The Kier molecular flexibility index (Phi) is 6.35. The summed E-state index contributed by atoms with van der Waals surface area (Å²) in [5.74, 6) is -4.02. The number of tetrazole rings is 1. The van der Waals surface area contributed by atoms with Crippen LogP contribution in [0.25, 0.3) is 16.9 Å². The van der Waals surface area contributed by atoms with Crippen LogP contribution in [0.1, 0.15) is 47.1 Å². The molecule has 1 amide bonds. The third-order valence-electron chi connectivity index (χ3n) is 5.04. The zero-order valence-electron chi connectivity index (χ0n) is 18.6. The fourth-order valence-corrected chi connectivity index (χ4v) is 3.27. The van der Waals surface area contributed by atoms with Crippen LogP contribution < -0.4 is 5.32 Å². The Bertz CT molecular complexity index is 1350. The Labute approximate surface area is 192 Å². The molecule has 34 heavy (non-hydrogen) atoms. The largest absolute Gasteiger partial charge is 0.348 e. The molecular formula is C23H20F3N7O. The highest BCUT2D eigenvalue weighted by Gasteiger charge is 2.18. The van der Waals surface area contributed by atoms with Gasteiger partial charge in [-0.2, -0.15) is 18.4 Å². The van der Waals surface area contributed by atoms with Gasteiger partial charge in [-0.3, -0.25) is 9.78 Å². The first-order valence-electron chi connectivity index (χ1n) is 10.4. The summed E-state index contributed by atoms with van der Waals surface area (Å²) in [6.45, 7) is 5.39. The van der Waals surface area contributed by atoms with Crippen LogP contribution in [-0.4, -0.2) is 36.1 Å². The van der Waals surface area contributed by atoms with Gasteiger partial charge < -0.3 is 5.32 Å². The summed E-state index contributed by atoms with van der Waals surface area (Å²) in [4.78, 5) is 20.2. The zero-order chi connectivity index (χ0) is 24.4. The van der Waals surface area contributed by atoms with Gasteiger partial charge in [0.1, 0.15) is 0 Å². The molecule has 0 saturated heterocycles. The molecule has 4 aromatic rings. The number of halogens is 3. The predicted molar refractivity (Wildman–Crippen MR) is 116 cm³/mol. The molecule has 174 valence electrons. The molecule has 0 atom stereocenters. The number of amides is 1. The number of nitrogens with one attached hydrogen (secondary N) is 1. The second-order valence-corrected chi connectivity index (χ2v) is 7.99. The number of aromatic nitrogens is 6. The minimum atomic E-state index is -1.54. The molecule has 0 bridgehead atoms. The first kappa shape index (κ1) is 23.0. The van der Waals surface area contributed by atoms with Gasteiger partial charge in [-0.1, -0.05) is 19.9 Å². The van der Waals surface area contributed by atoms with E-state index >= 15 is 0 Å². The number of hydrogen-bond acceptors (Lipinski definition) is 6. The highest BCUT2D eigenvalue weighted by atomic mass is 19.2. The van der Waals surface area contributed by atoms with Gasteiger partial charge in [0.05, 0.1) is 11.4 Å². The summed E-state index contributed by atoms with van der Waals surface area (Å²) in [6, 6.07) is 9.37. The summed E-state index contributed by atoms with van der Waals surface area (Å²) >= 11 is 0. The summed E-state index contributed by atoms with van der Waals surface area (Å²) < 4.78 is 41.9. The van der Waals surface area contributed by atoms with E-state index in [1.54, 1.807) is 24.4 Å². The molecule has 0 radical (unpaired) electrons. The average Bonchev–Trinajstić information content (AvgIpc) is 3.31. The molecule has 0 saturated carbocycles. The van der Waals surface area contributed by atoms with E-state index in [0.29, 0.717) is 28.8 Å². The molecule has 11 heteroatoms. The van der Waals surface area contributed by atoms with Crippen LogP contribution in [0.2, 0.25) is 0 Å². The van der Waals surface area contributed by atoms with E-state index in [9.17, 15) is 18.0 Å². The molecule has 0 spiro atoms. The van der Waals surface area contributed by atoms with Crippen LogP contribution in [0.15, 0.2) is 42.6 Å². The maximum Gasteiger partial charge on any atom is 0.251 e. The Balaban J connectivity index is 1.71. The van der Waals surface area contributed by atoms with Gasteiger partial charge in [0.15, 0.2) is 11.6 Å². The van der Waals surface area contributed by atoms with Crippen molar-refractivity contribution >= 4 is 5.91 Å². The molecule has 1 N–H and O–H groups in total.